The Bertz CT molecular complexity index is 386. The quantitative estimate of drug-likeness (QED) is 0.782. The van der Waals surface area contributed by atoms with E-state index in [0.29, 0.717) is 11.1 Å². The summed E-state index contributed by atoms with van der Waals surface area (Å²) in [6.45, 7) is 3.24. The highest BCUT2D eigenvalue weighted by Gasteiger charge is 2.27. The minimum atomic E-state index is 0.386. The fourth-order valence-corrected chi connectivity index (χ4v) is 3.40. The van der Waals surface area contributed by atoms with Gasteiger partial charge in [-0.25, -0.2) is 0 Å². The molecule has 1 aromatic rings. The van der Waals surface area contributed by atoms with Crippen LogP contribution in [0.25, 0.3) is 0 Å². The van der Waals surface area contributed by atoms with Crippen LogP contribution in [-0.2, 0) is 0 Å². The Balaban J connectivity index is 2.20. The zero-order valence-corrected chi connectivity index (χ0v) is 12.4. The van der Waals surface area contributed by atoms with Crippen LogP contribution in [0, 0.1) is 5.92 Å². The van der Waals surface area contributed by atoms with E-state index in [1.54, 1.807) is 0 Å². The van der Waals surface area contributed by atoms with Crippen LogP contribution in [0.2, 0.25) is 10.0 Å². The summed E-state index contributed by atoms with van der Waals surface area (Å²) in [7, 11) is 0. The minimum Gasteiger partial charge on any atom is -0.310 e. The maximum atomic E-state index is 6.36. The second-order valence-corrected chi connectivity index (χ2v) is 5.99. The number of benzene rings is 1. The van der Waals surface area contributed by atoms with Crippen molar-refractivity contribution in [2.24, 2.45) is 5.92 Å². The van der Waals surface area contributed by atoms with Gasteiger partial charge in [0.05, 0.1) is 0 Å². The van der Waals surface area contributed by atoms with Gasteiger partial charge in [0, 0.05) is 16.1 Å². The van der Waals surface area contributed by atoms with E-state index in [-0.39, 0.29) is 0 Å². The van der Waals surface area contributed by atoms with Gasteiger partial charge in [-0.05, 0) is 49.4 Å². The summed E-state index contributed by atoms with van der Waals surface area (Å²) in [5.41, 5.74) is 1.21. The molecule has 1 nitrogen and oxygen atoms in total. The van der Waals surface area contributed by atoms with Gasteiger partial charge in [-0.3, -0.25) is 0 Å². The third-order valence-corrected chi connectivity index (χ3v) is 4.35. The van der Waals surface area contributed by atoms with Crippen LogP contribution in [-0.4, -0.2) is 6.54 Å². The highest BCUT2D eigenvalue weighted by atomic mass is 35.5. The number of rotatable bonds is 5. The molecule has 3 heteroatoms. The molecule has 100 valence electrons. The molecule has 0 heterocycles. The van der Waals surface area contributed by atoms with Crippen molar-refractivity contribution in [3.8, 4) is 0 Å². The van der Waals surface area contributed by atoms with E-state index in [2.05, 4.69) is 18.3 Å². The molecule has 1 aliphatic carbocycles. The third-order valence-electron chi connectivity index (χ3n) is 3.78. The first-order chi connectivity index (χ1) is 8.72. The predicted octanol–water partition coefficient (Wildman–Crippen LogP) is 5.22. The SMILES string of the molecule is CCCNC(c1ccc(Cl)cc1Cl)C1CCCC1. The average molecular weight is 286 g/mol. The molecule has 1 saturated carbocycles. The molecule has 1 atom stereocenters. The van der Waals surface area contributed by atoms with E-state index >= 15 is 0 Å². The van der Waals surface area contributed by atoms with Gasteiger partial charge < -0.3 is 5.32 Å². The van der Waals surface area contributed by atoms with Crippen LogP contribution < -0.4 is 5.32 Å². The van der Waals surface area contributed by atoms with E-state index in [1.165, 1.54) is 31.2 Å². The summed E-state index contributed by atoms with van der Waals surface area (Å²) >= 11 is 12.3. The van der Waals surface area contributed by atoms with E-state index in [4.69, 9.17) is 23.2 Å². The summed E-state index contributed by atoms with van der Waals surface area (Å²) in [6.07, 6.45) is 6.45. The monoisotopic (exact) mass is 285 g/mol. The van der Waals surface area contributed by atoms with E-state index in [9.17, 15) is 0 Å². The highest BCUT2D eigenvalue weighted by molar-refractivity contribution is 6.35. The van der Waals surface area contributed by atoms with Gasteiger partial charge in [0.25, 0.3) is 0 Å². The molecule has 1 unspecified atom stereocenters. The van der Waals surface area contributed by atoms with Crippen LogP contribution in [0.5, 0.6) is 0 Å². The molecular weight excluding hydrogens is 265 g/mol. The van der Waals surface area contributed by atoms with Crippen molar-refractivity contribution >= 4 is 23.2 Å². The second kappa shape index (κ2) is 6.79. The molecule has 18 heavy (non-hydrogen) atoms. The summed E-state index contributed by atoms with van der Waals surface area (Å²) in [4.78, 5) is 0. The summed E-state index contributed by atoms with van der Waals surface area (Å²) in [5.74, 6) is 0.718. The molecule has 0 amide bonds. The van der Waals surface area contributed by atoms with Crippen LogP contribution in [0.1, 0.15) is 50.6 Å². The lowest BCUT2D eigenvalue weighted by Crippen LogP contribution is -2.28. The lowest BCUT2D eigenvalue weighted by molar-refractivity contribution is 0.368. The van der Waals surface area contributed by atoms with E-state index in [0.717, 1.165) is 23.9 Å². The normalized spacial score (nSPS) is 18.2. The Morgan fingerprint density at radius 3 is 2.61 bits per heavy atom. The zero-order chi connectivity index (χ0) is 13.0. The Hall–Kier alpha value is -0.240. The molecule has 1 N–H and O–H groups in total. The van der Waals surface area contributed by atoms with Crippen molar-refractivity contribution in [1.29, 1.82) is 0 Å². The zero-order valence-electron chi connectivity index (χ0n) is 10.9. The largest absolute Gasteiger partial charge is 0.310 e. The highest BCUT2D eigenvalue weighted by Crippen LogP contribution is 2.38. The van der Waals surface area contributed by atoms with Crippen LogP contribution in [0.15, 0.2) is 18.2 Å². The third kappa shape index (κ3) is 3.40. The number of nitrogens with one attached hydrogen (secondary N) is 1. The molecular formula is C15H21Cl2N. The van der Waals surface area contributed by atoms with Crippen LogP contribution in [0.4, 0.5) is 0 Å². The summed E-state index contributed by atoms with van der Waals surface area (Å²) in [6, 6.07) is 6.26. The molecule has 1 aliphatic rings. The molecule has 0 radical (unpaired) electrons. The first-order valence-corrected chi connectivity index (χ1v) is 7.66. The first kappa shape index (κ1) is 14.2. The molecule has 0 spiro atoms. The molecule has 0 saturated heterocycles. The Labute approximate surface area is 120 Å². The second-order valence-electron chi connectivity index (χ2n) is 5.14. The lowest BCUT2D eigenvalue weighted by atomic mass is 9.91. The summed E-state index contributed by atoms with van der Waals surface area (Å²) in [5, 5.41) is 5.17. The van der Waals surface area contributed by atoms with Crippen molar-refractivity contribution in [3.05, 3.63) is 33.8 Å². The average Bonchev–Trinajstić information content (AvgIpc) is 2.85. The number of hydrogen-bond donors (Lipinski definition) is 1. The first-order valence-electron chi connectivity index (χ1n) is 6.90. The molecule has 2 rings (SSSR count). The van der Waals surface area contributed by atoms with Crippen molar-refractivity contribution in [3.63, 3.8) is 0 Å². The van der Waals surface area contributed by atoms with E-state index < -0.39 is 0 Å². The number of hydrogen-bond acceptors (Lipinski definition) is 1. The van der Waals surface area contributed by atoms with Gasteiger partial charge in [0.2, 0.25) is 0 Å². The smallest absolute Gasteiger partial charge is 0.0468 e. The Morgan fingerprint density at radius 2 is 2.00 bits per heavy atom. The standard InChI is InChI=1S/C15H21Cl2N/c1-2-9-18-15(11-5-3-4-6-11)13-8-7-12(16)10-14(13)17/h7-8,10-11,15,18H,2-6,9H2,1H3. The van der Waals surface area contributed by atoms with Gasteiger partial charge in [-0.2, -0.15) is 0 Å². The summed E-state index contributed by atoms with van der Waals surface area (Å²) < 4.78 is 0. The molecule has 1 fully saturated rings. The Morgan fingerprint density at radius 1 is 1.28 bits per heavy atom. The van der Waals surface area contributed by atoms with Crippen molar-refractivity contribution in [1.82, 2.24) is 5.32 Å². The van der Waals surface area contributed by atoms with Crippen LogP contribution in [0.3, 0.4) is 0 Å². The van der Waals surface area contributed by atoms with Crippen LogP contribution >= 0.6 is 23.2 Å². The van der Waals surface area contributed by atoms with Gasteiger partial charge >= 0.3 is 0 Å². The molecule has 0 aromatic heterocycles. The number of halogens is 2. The van der Waals surface area contributed by atoms with Crippen molar-refractivity contribution < 1.29 is 0 Å². The van der Waals surface area contributed by atoms with Crippen molar-refractivity contribution in [2.75, 3.05) is 6.54 Å². The molecule has 1 aromatic carbocycles. The predicted molar refractivity (Wildman–Crippen MR) is 79.5 cm³/mol. The van der Waals surface area contributed by atoms with Gasteiger partial charge in [-0.1, -0.05) is 49.0 Å². The topological polar surface area (TPSA) is 12.0 Å². The molecule has 0 bridgehead atoms. The molecule has 0 aliphatic heterocycles. The fourth-order valence-electron chi connectivity index (χ4n) is 2.87. The van der Waals surface area contributed by atoms with Crippen molar-refractivity contribution in [2.45, 2.75) is 45.1 Å². The maximum Gasteiger partial charge on any atom is 0.0468 e. The van der Waals surface area contributed by atoms with E-state index in [1.807, 2.05) is 12.1 Å². The fraction of sp³-hybridized carbons (Fsp3) is 0.600. The maximum absolute atomic E-state index is 6.36. The minimum absolute atomic E-state index is 0.386. The lowest BCUT2D eigenvalue weighted by Gasteiger charge is -2.26. The Kier molecular flexibility index (Phi) is 5.35. The van der Waals surface area contributed by atoms with Gasteiger partial charge in [0.15, 0.2) is 0 Å². The van der Waals surface area contributed by atoms with Gasteiger partial charge in [-0.15, -0.1) is 0 Å². The van der Waals surface area contributed by atoms with Gasteiger partial charge in [0.1, 0.15) is 0 Å².